The summed E-state index contributed by atoms with van der Waals surface area (Å²) in [6.45, 7) is 0.248. The Kier molecular flexibility index (Phi) is 5.82. The van der Waals surface area contributed by atoms with Crippen molar-refractivity contribution in [3.05, 3.63) is 35.1 Å². The Hall–Kier alpha value is -2.25. The van der Waals surface area contributed by atoms with E-state index in [1.165, 1.54) is 0 Å². The van der Waals surface area contributed by atoms with Crippen molar-refractivity contribution in [2.75, 3.05) is 6.54 Å². The van der Waals surface area contributed by atoms with Crippen LogP contribution in [0.2, 0.25) is 0 Å². The lowest BCUT2D eigenvalue weighted by molar-refractivity contribution is 0.0952. The van der Waals surface area contributed by atoms with Crippen molar-refractivity contribution in [3.63, 3.8) is 0 Å². The van der Waals surface area contributed by atoms with Crippen molar-refractivity contribution in [3.8, 4) is 0 Å². The van der Waals surface area contributed by atoms with E-state index >= 15 is 0 Å². The molecule has 4 N–H and O–H groups in total. The third-order valence-corrected chi connectivity index (χ3v) is 2.52. The minimum atomic E-state index is -1.61. The van der Waals surface area contributed by atoms with E-state index < -0.39 is 23.4 Å². The molecule has 0 bridgehead atoms. The van der Waals surface area contributed by atoms with Gasteiger partial charge in [-0.1, -0.05) is 5.16 Å². The zero-order valence-corrected chi connectivity index (χ0v) is 10.5. The summed E-state index contributed by atoms with van der Waals surface area (Å²) in [7, 11) is 0. The summed E-state index contributed by atoms with van der Waals surface area (Å²) in [4.78, 5) is 11.6. The molecule has 5 nitrogen and oxygen atoms in total. The van der Waals surface area contributed by atoms with Crippen molar-refractivity contribution < 1.29 is 23.2 Å². The number of halogens is 3. The summed E-state index contributed by atoms with van der Waals surface area (Å²) in [6, 6.07) is 1.26. The van der Waals surface area contributed by atoms with Gasteiger partial charge in [0.25, 0.3) is 5.91 Å². The Morgan fingerprint density at radius 3 is 2.40 bits per heavy atom. The second kappa shape index (κ2) is 7.37. The minimum Gasteiger partial charge on any atom is -0.409 e. The molecule has 0 radical (unpaired) electrons. The van der Waals surface area contributed by atoms with Crippen molar-refractivity contribution >= 4 is 11.7 Å². The Morgan fingerprint density at radius 1 is 1.25 bits per heavy atom. The van der Waals surface area contributed by atoms with Gasteiger partial charge >= 0.3 is 0 Å². The van der Waals surface area contributed by atoms with Crippen LogP contribution in [0.1, 0.15) is 29.6 Å². The van der Waals surface area contributed by atoms with Crippen LogP contribution in [0.25, 0.3) is 0 Å². The molecule has 0 atom stereocenters. The second-order valence-electron chi connectivity index (χ2n) is 4.06. The number of nitrogens with one attached hydrogen (secondary N) is 1. The fraction of sp³-hybridized carbons (Fsp3) is 0.333. The van der Waals surface area contributed by atoms with Gasteiger partial charge in [-0.05, 0) is 25.0 Å². The SMILES string of the molecule is NC(CCCCNC(=O)c1cc(F)c(F)c(F)c1)=NO. The van der Waals surface area contributed by atoms with Crippen LogP contribution in [0, 0.1) is 17.5 Å². The predicted molar refractivity (Wildman–Crippen MR) is 65.9 cm³/mol. The molecular formula is C12H14F3N3O2. The van der Waals surface area contributed by atoms with Crippen molar-refractivity contribution in [2.45, 2.75) is 19.3 Å². The number of hydrogen-bond donors (Lipinski definition) is 3. The highest BCUT2D eigenvalue weighted by atomic mass is 19.2. The van der Waals surface area contributed by atoms with Gasteiger partial charge in [0.15, 0.2) is 17.5 Å². The Bertz CT molecular complexity index is 498. The first-order chi connectivity index (χ1) is 9.45. The lowest BCUT2D eigenvalue weighted by Gasteiger charge is -2.06. The summed E-state index contributed by atoms with van der Waals surface area (Å²) in [5.41, 5.74) is 4.95. The van der Waals surface area contributed by atoms with Gasteiger partial charge in [0.2, 0.25) is 0 Å². The Balaban J connectivity index is 2.44. The van der Waals surface area contributed by atoms with Gasteiger partial charge < -0.3 is 16.3 Å². The number of rotatable bonds is 6. The van der Waals surface area contributed by atoms with Crippen LogP contribution in [0.15, 0.2) is 17.3 Å². The molecule has 0 saturated carbocycles. The van der Waals surface area contributed by atoms with Gasteiger partial charge in [-0.2, -0.15) is 0 Å². The molecule has 8 heteroatoms. The minimum absolute atomic E-state index is 0.0824. The van der Waals surface area contributed by atoms with E-state index in [2.05, 4.69) is 10.5 Å². The van der Waals surface area contributed by atoms with Gasteiger partial charge in [-0.15, -0.1) is 0 Å². The number of nitrogens with zero attached hydrogens (tertiary/aromatic N) is 1. The maximum Gasteiger partial charge on any atom is 0.251 e. The molecular weight excluding hydrogens is 275 g/mol. The normalized spacial score (nSPS) is 11.4. The van der Waals surface area contributed by atoms with E-state index in [0.29, 0.717) is 31.4 Å². The van der Waals surface area contributed by atoms with Gasteiger partial charge in [-0.3, -0.25) is 4.79 Å². The topological polar surface area (TPSA) is 87.7 Å². The number of nitrogens with two attached hydrogens (primary N) is 1. The molecule has 1 amide bonds. The molecule has 0 unspecified atom stereocenters. The molecule has 0 aliphatic heterocycles. The highest BCUT2D eigenvalue weighted by Crippen LogP contribution is 2.13. The fourth-order valence-corrected chi connectivity index (χ4v) is 1.47. The number of unbranched alkanes of at least 4 members (excludes halogenated alkanes) is 1. The fourth-order valence-electron chi connectivity index (χ4n) is 1.47. The summed E-state index contributed by atoms with van der Waals surface area (Å²) in [5.74, 6) is -5.06. The van der Waals surface area contributed by atoms with Crippen LogP contribution in [0.3, 0.4) is 0 Å². The monoisotopic (exact) mass is 289 g/mol. The van der Waals surface area contributed by atoms with Crippen LogP contribution in [0.4, 0.5) is 13.2 Å². The highest BCUT2D eigenvalue weighted by Gasteiger charge is 2.14. The molecule has 0 fully saturated rings. The molecule has 110 valence electrons. The lowest BCUT2D eigenvalue weighted by atomic mass is 10.2. The Morgan fingerprint density at radius 2 is 1.85 bits per heavy atom. The van der Waals surface area contributed by atoms with Gasteiger partial charge in [0, 0.05) is 18.5 Å². The maximum atomic E-state index is 12.9. The average molecular weight is 289 g/mol. The molecule has 0 spiro atoms. The maximum absolute atomic E-state index is 12.9. The first-order valence-corrected chi connectivity index (χ1v) is 5.85. The third kappa shape index (κ3) is 4.45. The molecule has 20 heavy (non-hydrogen) atoms. The molecule has 0 aliphatic carbocycles. The summed E-state index contributed by atoms with van der Waals surface area (Å²) in [5, 5.41) is 13.5. The van der Waals surface area contributed by atoms with Crippen LogP contribution in [-0.4, -0.2) is 23.5 Å². The summed E-state index contributed by atoms with van der Waals surface area (Å²) >= 11 is 0. The molecule has 0 saturated heterocycles. The number of amides is 1. The number of amidine groups is 1. The Labute approximate surface area is 113 Å². The number of carbonyl (C=O) groups excluding carboxylic acids is 1. The molecule has 0 heterocycles. The number of oxime groups is 1. The van der Waals surface area contributed by atoms with Gasteiger partial charge in [0.05, 0.1) is 0 Å². The number of carbonyl (C=O) groups is 1. The van der Waals surface area contributed by atoms with E-state index in [9.17, 15) is 18.0 Å². The molecule has 0 aliphatic rings. The quantitative estimate of drug-likeness (QED) is 0.186. The second-order valence-corrected chi connectivity index (χ2v) is 4.06. The third-order valence-electron chi connectivity index (χ3n) is 2.52. The largest absolute Gasteiger partial charge is 0.409 e. The van der Waals surface area contributed by atoms with Crippen molar-refractivity contribution in [1.29, 1.82) is 0 Å². The van der Waals surface area contributed by atoms with Gasteiger partial charge in [-0.25, -0.2) is 13.2 Å². The van der Waals surface area contributed by atoms with Crippen molar-refractivity contribution in [1.82, 2.24) is 5.32 Å². The lowest BCUT2D eigenvalue weighted by Crippen LogP contribution is -2.25. The van der Waals surface area contributed by atoms with Gasteiger partial charge in [0.1, 0.15) is 5.84 Å². The van der Waals surface area contributed by atoms with Crippen molar-refractivity contribution in [2.24, 2.45) is 10.9 Å². The standard InChI is InChI=1S/C12H14F3N3O2/c13-8-5-7(6-9(14)11(8)15)12(19)17-4-2-1-3-10(16)18-20/h5-6,20H,1-4H2,(H2,16,18)(H,17,19). The summed E-state index contributed by atoms with van der Waals surface area (Å²) < 4.78 is 38.6. The number of benzene rings is 1. The summed E-state index contributed by atoms with van der Waals surface area (Å²) in [6.07, 6.45) is 1.47. The van der Waals surface area contributed by atoms with Crippen LogP contribution in [0.5, 0.6) is 0 Å². The highest BCUT2D eigenvalue weighted by molar-refractivity contribution is 5.94. The smallest absolute Gasteiger partial charge is 0.251 e. The molecule has 1 rings (SSSR count). The van der Waals surface area contributed by atoms with Crippen LogP contribution < -0.4 is 11.1 Å². The van der Waals surface area contributed by atoms with E-state index in [1.54, 1.807) is 0 Å². The predicted octanol–water partition coefficient (Wildman–Crippen LogP) is 1.75. The van der Waals surface area contributed by atoms with E-state index in [0.717, 1.165) is 0 Å². The molecule has 1 aromatic rings. The average Bonchev–Trinajstić information content (AvgIpc) is 2.43. The van der Waals surface area contributed by atoms with Crippen LogP contribution in [-0.2, 0) is 0 Å². The first kappa shape index (κ1) is 15.8. The van der Waals surface area contributed by atoms with E-state index in [1.807, 2.05) is 0 Å². The molecule has 1 aromatic carbocycles. The van der Waals surface area contributed by atoms with E-state index in [-0.39, 0.29) is 17.9 Å². The first-order valence-electron chi connectivity index (χ1n) is 5.85. The van der Waals surface area contributed by atoms with E-state index in [4.69, 9.17) is 10.9 Å². The van der Waals surface area contributed by atoms with Crippen LogP contribution >= 0.6 is 0 Å². The number of hydrogen-bond acceptors (Lipinski definition) is 3. The zero-order valence-electron chi connectivity index (χ0n) is 10.5. The zero-order chi connectivity index (χ0) is 15.1. The molecule has 0 aromatic heterocycles.